The molecule has 0 aromatic heterocycles. The molecule has 0 aliphatic carbocycles. The number of benzene rings is 1. The number of likely N-dealkylation sites (tertiary alicyclic amines) is 1. The van der Waals surface area contributed by atoms with Gasteiger partial charge in [0.15, 0.2) is 0 Å². The maximum atomic E-state index is 6.16. The van der Waals surface area contributed by atoms with Crippen molar-refractivity contribution >= 4 is 24.0 Å². The molecule has 2 nitrogen and oxygen atoms in total. The summed E-state index contributed by atoms with van der Waals surface area (Å²) in [5, 5.41) is 4.14. The zero-order valence-electron chi connectivity index (χ0n) is 10.2. The lowest BCUT2D eigenvalue weighted by Gasteiger charge is -2.16. The molecular weight excluding hydrogens is 255 g/mol. The predicted octanol–water partition coefficient (Wildman–Crippen LogP) is 2.80. The minimum Gasteiger partial charge on any atom is -0.319 e. The molecule has 1 heterocycles. The monoisotopic (exact) mass is 274 g/mol. The molecule has 4 heteroatoms. The van der Waals surface area contributed by atoms with E-state index in [1.807, 2.05) is 19.2 Å². The molecule has 1 unspecified atom stereocenters. The first kappa shape index (κ1) is 14.8. The van der Waals surface area contributed by atoms with Gasteiger partial charge in [0.25, 0.3) is 0 Å². The summed E-state index contributed by atoms with van der Waals surface area (Å²) in [4.78, 5) is 2.49. The highest BCUT2D eigenvalue weighted by atomic mass is 35.5. The van der Waals surface area contributed by atoms with Gasteiger partial charge < -0.3 is 5.32 Å². The molecule has 1 aliphatic heterocycles. The summed E-state index contributed by atoms with van der Waals surface area (Å²) in [6.45, 7) is 4.49. The summed E-state index contributed by atoms with van der Waals surface area (Å²) < 4.78 is 0. The second-order valence-electron chi connectivity index (χ2n) is 4.54. The van der Waals surface area contributed by atoms with Gasteiger partial charge in [-0.2, -0.15) is 0 Å². The Morgan fingerprint density at radius 3 is 2.88 bits per heavy atom. The van der Waals surface area contributed by atoms with Gasteiger partial charge in [0.1, 0.15) is 0 Å². The van der Waals surface area contributed by atoms with Crippen molar-refractivity contribution in [3.05, 3.63) is 34.9 Å². The molecule has 1 aromatic rings. The third kappa shape index (κ3) is 4.14. The van der Waals surface area contributed by atoms with Gasteiger partial charge in [-0.3, -0.25) is 4.90 Å². The molecule has 0 amide bonds. The van der Waals surface area contributed by atoms with Crippen LogP contribution in [0.1, 0.15) is 12.0 Å². The van der Waals surface area contributed by atoms with Crippen LogP contribution in [-0.2, 0) is 6.54 Å². The lowest BCUT2D eigenvalue weighted by atomic mass is 10.1. The zero-order valence-corrected chi connectivity index (χ0v) is 11.7. The van der Waals surface area contributed by atoms with E-state index in [0.29, 0.717) is 0 Å². The van der Waals surface area contributed by atoms with Gasteiger partial charge in [0.2, 0.25) is 0 Å². The number of nitrogens with zero attached hydrogens (tertiary/aromatic N) is 1. The van der Waals surface area contributed by atoms with Crippen LogP contribution in [0.2, 0.25) is 5.02 Å². The van der Waals surface area contributed by atoms with Crippen molar-refractivity contribution in [2.24, 2.45) is 5.92 Å². The Balaban J connectivity index is 0.00000144. The number of halogens is 2. The minimum atomic E-state index is 0. The Morgan fingerprint density at radius 2 is 2.18 bits per heavy atom. The molecule has 0 radical (unpaired) electrons. The highest BCUT2D eigenvalue weighted by molar-refractivity contribution is 6.31. The Bertz CT molecular complexity index is 344. The molecule has 1 fully saturated rings. The van der Waals surface area contributed by atoms with E-state index in [1.165, 1.54) is 25.1 Å². The van der Waals surface area contributed by atoms with Crippen LogP contribution in [0.4, 0.5) is 0 Å². The normalized spacial score (nSPS) is 20.2. The first-order valence-corrected chi connectivity index (χ1v) is 6.27. The average molecular weight is 275 g/mol. The van der Waals surface area contributed by atoms with Gasteiger partial charge in [-0.1, -0.05) is 29.8 Å². The van der Waals surface area contributed by atoms with Gasteiger partial charge in [-0.05, 0) is 44.1 Å². The Labute approximate surface area is 115 Å². The molecule has 1 aliphatic rings. The molecule has 17 heavy (non-hydrogen) atoms. The Kier molecular flexibility index (Phi) is 6.28. The number of nitrogens with one attached hydrogen (secondary N) is 1. The fourth-order valence-electron chi connectivity index (χ4n) is 2.38. The molecule has 2 rings (SSSR count). The molecule has 96 valence electrons. The van der Waals surface area contributed by atoms with E-state index in [1.54, 1.807) is 0 Å². The molecular formula is C13H20Cl2N2. The van der Waals surface area contributed by atoms with Crippen molar-refractivity contribution in [2.75, 3.05) is 26.7 Å². The molecule has 1 atom stereocenters. The van der Waals surface area contributed by atoms with Crippen molar-refractivity contribution < 1.29 is 0 Å². The van der Waals surface area contributed by atoms with Crippen LogP contribution >= 0.6 is 24.0 Å². The summed E-state index contributed by atoms with van der Waals surface area (Å²) in [6, 6.07) is 8.13. The topological polar surface area (TPSA) is 15.3 Å². The van der Waals surface area contributed by atoms with Crippen molar-refractivity contribution in [1.82, 2.24) is 10.2 Å². The van der Waals surface area contributed by atoms with Gasteiger partial charge >= 0.3 is 0 Å². The third-order valence-electron chi connectivity index (χ3n) is 3.21. The van der Waals surface area contributed by atoms with Gasteiger partial charge in [-0.25, -0.2) is 0 Å². The van der Waals surface area contributed by atoms with Crippen molar-refractivity contribution in [3.63, 3.8) is 0 Å². The Morgan fingerprint density at radius 1 is 1.41 bits per heavy atom. The van der Waals surface area contributed by atoms with E-state index in [0.717, 1.165) is 24.0 Å². The van der Waals surface area contributed by atoms with Crippen LogP contribution in [0.15, 0.2) is 24.3 Å². The van der Waals surface area contributed by atoms with E-state index in [9.17, 15) is 0 Å². The van der Waals surface area contributed by atoms with Gasteiger partial charge in [0, 0.05) is 18.1 Å². The number of hydrogen-bond donors (Lipinski definition) is 1. The molecule has 1 aromatic carbocycles. The van der Waals surface area contributed by atoms with Crippen LogP contribution < -0.4 is 5.32 Å². The van der Waals surface area contributed by atoms with E-state index < -0.39 is 0 Å². The summed E-state index contributed by atoms with van der Waals surface area (Å²) in [7, 11) is 2.02. The zero-order chi connectivity index (χ0) is 11.4. The SMILES string of the molecule is CNCC1CCN(Cc2ccccc2Cl)C1.Cl. The van der Waals surface area contributed by atoms with Crippen molar-refractivity contribution in [1.29, 1.82) is 0 Å². The van der Waals surface area contributed by atoms with E-state index >= 15 is 0 Å². The summed E-state index contributed by atoms with van der Waals surface area (Å²) in [5.41, 5.74) is 1.24. The summed E-state index contributed by atoms with van der Waals surface area (Å²) in [6.07, 6.45) is 1.30. The first-order valence-electron chi connectivity index (χ1n) is 5.90. The predicted molar refractivity (Wildman–Crippen MR) is 76.0 cm³/mol. The fourth-order valence-corrected chi connectivity index (χ4v) is 2.57. The van der Waals surface area contributed by atoms with E-state index in [2.05, 4.69) is 22.3 Å². The maximum absolute atomic E-state index is 6.16. The second-order valence-corrected chi connectivity index (χ2v) is 4.95. The molecule has 0 spiro atoms. The average Bonchev–Trinajstić information content (AvgIpc) is 2.70. The van der Waals surface area contributed by atoms with Crippen molar-refractivity contribution in [2.45, 2.75) is 13.0 Å². The van der Waals surface area contributed by atoms with E-state index in [-0.39, 0.29) is 12.4 Å². The highest BCUT2D eigenvalue weighted by Gasteiger charge is 2.21. The van der Waals surface area contributed by atoms with Gasteiger partial charge in [-0.15, -0.1) is 12.4 Å². The maximum Gasteiger partial charge on any atom is 0.0451 e. The lowest BCUT2D eigenvalue weighted by molar-refractivity contribution is 0.315. The Hall–Kier alpha value is -0.280. The van der Waals surface area contributed by atoms with Crippen LogP contribution in [0, 0.1) is 5.92 Å². The van der Waals surface area contributed by atoms with Crippen LogP contribution in [0.3, 0.4) is 0 Å². The van der Waals surface area contributed by atoms with Crippen molar-refractivity contribution in [3.8, 4) is 0 Å². The third-order valence-corrected chi connectivity index (χ3v) is 3.58. The number of hydrogen-bond acceptors (Lipinski definition) is 2. The molecule has 0 saturated carbocycles. The largest absolute Gasteiger partial charge is 0.319 e. The highest BCUT2D eigenvalue weighted by Crippen LogP contribution is 2.21. The second kappa shape index (κ2) is 7.22. The fraction of sp³-hybridized carbons (Fsp3) is 0.538. The standard InChI is InChI=1S/C13H19ClN2.ClH/c1-15-8-11-6-7-16(9-11)10-12-4-2-3-5-13(12)14;/h2-5,11,15H,6-10H2,1H3;1H. The first-order chi connectivity index (χ1) is 7.79. The number of rotatable bonds is 4. The smallest absolute Gasteiger partial charge is 0.0451 e. The van der Waals surface area contributed by atoms with Crippen LogP contribution in [0.25, 0.3) is 0 Å². The minimum absolute atomic E-state index is 0. The van der Waals surface area contributed by atoms with E-state index in [4.69, 9.17) is 11.6 Å². The quantitative estimate of drug-likeness (QED) is 0.909. The van der Waals surface area contributed by atoms with Crippen LogP contribution in [0.5, 0.6) is 0 Å². The summed E-state index contributed by atoms with van der Waals surface area (Å²) >= 11 is 6.16. The molecule has 1 N–H and O–H groups in total. The van der Waals surface area contributed by atoms with Gasteiger partial charge in [0.05, 0.1) is 0 Å². The summed E-state index contributed by atoms with van der Waals surface area (Å²) in [5.74, 6) is 0.799. The van der Waals surface area contributed by atoms with Crippen LogP contribution in [-0.4, -0.2) is 31.6 Å². The molecule has 0 bridgehead atoms. The lowest BCUT2D eigenvalue weighted by Crippen LogP contribution is -2.24. The molecule has 1 saturated heterocycles.